The number of nitrogens with zero attached hydrogens (tertiary/aromatic N) is 4. The lowest BCUT2D eigenvalue weighted by Gasteiger charge is -2.34. The zero-order chi connectivity index (χ0) is 21.8. The van der Waals surface area contributed by atoms with Gasteiger partial charge < -0.3 is 14.2 Å². The van der Waals surface area contributed by atoms with Gasteiger partial charge in [-0.1, -0.05) is 48.0 Å². The number of carbonyl (C=O) groups excluding carboxylic acids is 1. The molecule has 0 bridgehead atoms. The Labute approximate surface area is 186 Å². The zero-order valence-electron chi connectivity index (χ0n) is 17.1. The van der Waals surface area contributed by atoms with Gasteiger partial charge in [0, 0.05) is 42.8 Å². The third kappa shape index (κ3) is 4.47. The minimum absolute atomic E-state index is 0.0270. The predicted octanol–water partition coefficient (Wildman–Crippen LogP) is 4.64. The number of hydrogen-bond acceptors (Lipinski definition) is 5. The molecule has 1 aromatic heterocycles. The lowest BCUT2D eigenvalue weighted by molar-refractivity contribution is 0.0744. The van der Waals surface area contributed by atoms with Crippen molar-refractivity contribution in [1.29, 1.82) is 5.26 Å². The molecule has 1 aliphatic rings. The topological polar surface area (TPSA) is 73.4 Å². The Morgan fingerprint density at radius 3 is 2.52 bits per heavy atom. The maximum Gasteiger partial charge on any atom is 0.254 e. The van der Waals surface area contributed by atoms with E-state index in [-0.39, 0.29) is 11.6 Å². The Morgan fingerprint density at radius 2 is 1.81 bits per heavy atom. The molecule has 2 aromatic carbocycles. The third-order valence-electron chi connectivity index (χ3n) is 5.27. The van der Waals surface area contributed by atoms with E-state index in [4.69, 9.17) is 16.0 Å². The number of halogens is 1. The molecule has 2 heterocycles. The number of carbonyl (C=O) groups is 1. The fraction of sp³-hybridized carbons (Fsp3) is 0.208. The summed E-state index contributed by atoms with van der Waals surface area (Å²) in [5.74, 6) is 0.799. The number of nitriles is 1. The smallest absolute Gasteiger partial charge is 0.254 e. The van der Waals surface area contributed by atoms with Gasteiger partial charge in [-0.05, 0) is 36.3 Å². The van der Waals surface area contributed by atoms with E-state index in [9.17, 15) is 10.1 Å². The van der Waals surface area contributed by atoms with E-state index in [0.717, 1.165) is 16.7 Å². The van der Waals surface area contributed by atoms with Gasteiger partial charge in [-0.15, -0.1) is 0 Å². The van der Waals surface area contributed by atoms with Crippen molar-refractivity contribution in [2.45, 2.75) is 6.92 Å². The number of anilines is 1. The van der Waals surface area contributed by atoms with Gasteiger partial charge in [0.25, 0.3) is 5.91 Å². The SMILES string of the molecule is Cc1ccccc1C(=O)N1CCN(c2oc(C=Cc3ccccc3Cl)nc2C#N)CC1. The van der Waals surface area contributed by atoms with E-state index >= 15 is 0 Å². The molecule has 1 saturated heterocycles. The fourth-order valence-corrected chi connectivity index (χ4v) is 3.75. The van der Waals surface area contributed by atoms with Crippen molar-refractivity contribution in [3.8, 4) is 6.07 Å². The molecule has 0 N–H and O–H groups in total. The molecule has 0 unspecified atom stereocenters. The summed E-state index contributed by atoms with van der Waals surface area (Å²) < 4.78 is 5.87. The van der Waals surface area contributed by atoms with Gasteiger partial charge in [-0.25, -0.2) is 0 Å². The van der Waals surface area contributed by atoms with Gasteiger partial charge in [-0.2, -0.15) is 10.2 Å². The standard InChI is InChI=1S/C24H21ClN4O2/c1-17-6-2-4-8-19(17)23(30)28-12-14-29(15-13-28)24-21(16-26)27-22(31-24)11-10-18-7-3-5-9-20(18)25/h2-11H,12-15H2,1H3. The maximum atomic E-state index is 12.8. The van der Waals surface area contributed by atoms with Gasteiger partial charge in [0.05, 0.1) is 0 Å². The van der Waals surface area contributed by atoms with Crippen LogP contribution in [0.25, 0.3) is 12.2 Å². The minimum atomic E-state index is 0.0270. The summed E-state index contributed by atoms with van der Waals surface area (Å²) in [6, 6.07) is 17.1. The molecule has 3 aromatic rings. The molecule has 1 amide bonds. The number of oxazole rings is 1. The van der Waals surface area contributed by atoms with Crippen molar-refractivity contribution >= 4 is 35.5 Å². The van der Waals surface area contributed by atoms with Crippen LogP contribution in [0.4, 0.5) is 5.88 Å². The Balaban J connectivity index is 1.46. The first-order chi connectivity index (χ1) is 15.1. The van der Waals surface area contributed by atoms with Crippen LogP contribution in [0.2, 0.25) is 5.02 Å². The van der Waals surface area contributed by atoms with E-state index in [1.54, 1.807) is 18.2 Å². The number of rotatable bonds is 4. The Kier molecular flexibility index (Phi) is 6.06. The van der Waals surface area contributed by atoms with Gasteiger partial charge in [-0.3, -0.25) is 4.79 Å². The second-order valence-corrected chi connectivity index (χ2v) is 7.67. The molecular formula is C24H21ClN4O2. The van der Waals surface area contributed by atoms with Crippen LogP contribution in [0.5, 0.6) is 0 Å². The Bertz CT molecular complexity index is 1170. The maximum absolute atomic E-state index is 12.8. The van der Waals surface area contributed by atoms with Crippen LogP contribution in [0.1, 0.15) is 33.1 Å². The number of piperazine rings is 1. The zero-order valence-corrected chi connectivity index (χ0v) is 17.8. The summed E-state index contributed by atoms with van der Waals surface area (Å²) in [5, 5.41) is 10.1. The van der Waals surface area contributed by atoms with Gasteiger partial charge in [0.2, 0.25) is 17.5 Å². The van der Waals surface area contributed by atoms with Gasteiger partial charge >= 0.3 is 0 Å². The summed E-state index contributed by atoms with van der Waals surface area (Å²) in [5.41, 5.74) is 2.76. The molecule has 0 radical (unpaired) electrons. The molecule has 6 nitrogen and oxygen atoms in total. The monoisotopic (exact) mass is 432 g/mol. The Morgan fingerprint density at radius 1 is 1.10 bits per heavy atom. The minimum Gasteiger partial charge on any atom is -0.420 e. The molecule has 1 fully saturated rings. The summed E-state index contributed by atoms with van der Waals surface area (Å²) in [4.78, 5) is 20.9. The van der Waals surface area contributed by atoms with E-state index in [1.807, 2.05) is 59.2 Å². The van der Waals surface area contributed by atoms with Crippen LogP contribution in [0.3, 0.4) is 0 Å². The quantitative estimate of drug-likeness (QED) is 0.600. The molecule has 7 heteroatoms. The number of aromatic nitrogens is 1. The van der Waals surface area contributed by atoms with Crippen LogP contribution in [-0.2, 0) is 0 Å². The lowest BCUT2D eigenvalue weighted by atomic mass is 10.1. The van der Waals surface area contributed by atoms with Crippen LogP contribution in [0.15, 0.2) is 52.9 Å². The van der Waals surface area contributed by atoms with Gasteiger partial charge in [0.15, 0.2) is 0 Å². The van der Waals surface area contributed by atoms with Crippen molar-refractivity contribution in [1.82, 2.24) is 9.88 Å². The highest BCUT2D eigenvalue weighted by Crippen LogP contribution is 2.25. The van der Waals surface area contributed by atoms with E-state index < -0.39 is 0 Å². The summed E-state index contributed by atoms with van der Waals surface area (Å²) in [6.07, 6.45) is 3.50. The first-order valence-electron chi connectivity index (χ1n) is 10.00. The van der Waals surface area contributed by atoms with E-state index in [1.165, 1.54) is 0 Å². The van der Waals surface area contributed by atoms with Crippen molar-refractivity contribution in [3.05, 3.63) is 81.8 Å². The van der Waals surface area contributed by atoms with Crippen LogP contribution < -0.4 is 4.90 Å². The van der Waals surface area contributed by atoms with Crippen LogP contribution in [0, 0.1) is 18.3 Å². The van der Waals surface area contributed by atoms with Crippen LogP contribution >= 0.6 is 11.6 Å². The Hall–Kier alpha value is -3.56. The summed E-state index contributed by atoms with van der Waals surface area (Å²) in [6.45, 7) is 4.16. The average Bonchev–Trinajstić information content (AvgIpc) is 3.22. The lowest BCUT2D eigenvalue weighted by Crippen LogP contribution is -2.49. The number of benzene rings is 2. The molecule has 31 heavy (non-hydrogen) atoms. The summed E-state index contributed by atoms with van der Waals surface area (Å²) in [7, 11) is 0. The molecule has 156 valence electrons. The van der Waals surface area contributed by atoms with Gasteiger partial charge in [0.1, 0.15) is 6.07 Å². The van der Waals surface area contributed by atoms with Crippen molar-refractivity contribution < 1.29 is 9.21 Å². The average molecular weight is 433 g/mol. The highest BCUT2D eigenvalue weighted by atomic mass is 35.5. The molecule has 0 aliphatic carbocycles. The highest BCUT2D eigenvalue weighted by molar-refractivity contribution is 6.32. The fourth-order valence-electron chi connectivity index (χ4n) is 3.55. The van der Waals surface area contributed by atoms with Crippen LogP contribution in [-0.4, -0.2) is 42.0 Å². The molecule has 0 spiro atoms. The van der Waals surface area contributed by atoms with E-state index in [0.29, 0.717) is 43.0 Å². The normalized spacial score (nSPS) is 14.1. The molecular weight excluding hydrogens is 412 g/mol. The van der Waals surface area contributed by atoms with Crippen molar-refractivity contribution in [3.63, 3.8) is 0 Å². The number of amides is 1. The number of aryl methyl sites for hydroxylation is 1. The molecule has 1 aliphatic heterocycles. The first kappa shape index (κ1) is 20.7. The van der Waals surface area contributed by atoms with Crippen molar-refractivity contribution in [2.75, 3.05) is 31.1 Å². The predicted molar refractivity (Wildman–Crippen MR) is 121 cm³/mol. The second kappa shape index (κ2) is 9.07. The third-order valence-corrected chi connectivity index (χ3v) is 5.62. The molecule has 4 rings (SSSR count). The van der Waals surface area contributed by atoms with Crippen molar-refractivity contribution in [2.24, 2.45) is 0 Å². The molecule has 0 atom stereocenters. The first-order valence-corrected chi connectivity index (χ1v) is 10.4. The highest BCUT2D eigenvalue weighted by Gasteiger charge is 2.27. The second-order valence-electron chi connectivity index (χ2n) is 7.27. The molecule has 0 saturated carbocycles. The number of hydrogen-bond donors (Lipinski definition) is 0. The summed E-state index contributed by atoms with van der Waals surface area (Å²) >= 11 is 6.17. The van der Waals surface area contributed by atoms with E-state index in [2.05, 4.69) is 11.1 Å². The largest absolute Gasteiger partial charge is 0.420 e.